The topological polar surface area (TPSA) is 54.9 Å². The number of rotatable bonds is 5. The van der Waals surface area contributed by atoms with Gasteiger partial charge in [0, 0.05) is 17.7 Å². The van der Waals surface area contributed by atoms with Gasteiger partial charge in [-0.1, -0.05) is 19.3 Å². The van der Waals surface area contributed by atoms with Crippen LogP contribution in [0.25, 0.3) is 0 Å². The Kier molecular flexibility index (Phi) is 6.45. The molecule has 6 heteroatoms. The van der Waals surface area contributed by atoms with Crippen LogP contribution in [-0.2, 0) is 0 Å². The number of thiocarbonyl (C=S) groups is 1. The largest absolute Gasteiger partial charge is 0.497 e. The molecule has 1 aliphatic carbocycles. The van der Waals surface area contributed by atoms with E-state index in [1.165, 1.54) is 32.1 Å². The monoisotopic (exact) mass is 321 g/mol. The normalized spacial score (nSPS) is 15.5. The van der Waals surface area contributed by atoms with Crippen molar-refractivity contribution in [3.05, 3.63) is 23.8 Å². The van der Waals surface area contributed by atoms with Gasteiger partial charge in [-0.15, -0.1) is 0 Å². The Bertz CT molecular complexity index is 506. The van der Waals surface area contributed by atoms with E-state index < -0.39 is 0 Å². The summed E-state index contributed by atoms with van der Waals surface area (Å²) in [5, 5.41) is 8.04. The lowest BCUT2D eigenvalue weighted by Gasteiger charge is -2.23. The van der Waals surface area contributed by atoms with E-state index in [1.54, 1.807) is 20.4 Å². The summed E-state index contributed by atoms with van der Waals surface area (Å²) in [5.41, 5.74) is 3.74. The van der Waals surface area contributed by atoms with Crippen LogP contribution in [-0.4, -0.2) is 31.6 Å². The summed E-state index contributed by atoms with van der Waals surface area (Å²) < 4.78 is 10.5. The van der Waals surface area contributed by atoms with Crippen LogP contribution in [0.5, 0.6) is 11.5 Å². The maximum atomic E-state index is 5.26. The molecule has 1 fully saturated rings. The van der Waals surface area contributed by atoms with Crippen molar-refractivity contribution >= 4 is 23.5 Å². The van der Waals surface area contributed by atoms with E-state index >= 15 is 0 Å². The minimum atomic E-state index is 0.473. The Balaban J connectivity index is 1.87. The Labute approximate surface area is 137 Å². The lowest BCUT2D eigenvalue weighted by atomic mass is 9.96. The molecule has 0 atom stereocenters. The standard InChI is InChI=1S/C16H23N3O2S/c1-20-14-8-12(9-15(10-14)21-2)11-17-19-16(22)18-13-6-4-3-5-7-13/h8-11,13H,3-7H2,1-2H3,(H2,18,19,22)/b17-11+. The van der Waals surface area contributed by atoms with Crippen LogP contribution in [0.1, 0.15) is 37.7 Å². The van der Waals surface area contributed by atoms with Crippen molar-refractivity contribution in [2.24, 2.45) is 5.10 Å². The van der Waals surface area contributed by atoms with Gasteiger partial charge in [-0.05, 0) is 37.2 Å². The van der Waals surface area contributed by atoms with Gasteiger partial charge < -0.3 is 14.8 Å². The first-order valence-corrected chi connectivity index (χ1v) is 7.94. The van der Waals surface area contributed by atoms with Crippen LogP contribution in [0.15, 0.2) is 23.3 Å². The lowest BCUT2D eigenvalue weighted by molar-refractivity contribution is 0.394. The smallest absolute Gasteiger partial charge is 0.187 e. The molecule has 0 bridgehead atoms. The summed E-state index contributed by atoms with van der Waals surface area (Å²) in [7, 11) is 3.24. The molecule has 0 aromatic heterocycles. The van der Waals surface area contributed by atoms with Crippen LogP contribution in [0.3, 0.4) is 0 Å². The highest BCUT2D eigenvalue weighted by Crippen LogP contribution is 2.21. The summed E-state index contributed by atoms with van der Waals surface area (Å²) in [5.74, 6) is 1.45. The van der Waals surface area contributed by atoms with Crippen molar-refractivity contribution in [2.45, 2.75) is 38.1 Å². The number of hydrogen-bond acceptors (Lipinski definition) is 4. The second kappa shape index (κ2) is 8.58. The number of hydrogen-bond donors (Lipinski definition) is 2. The van der Waals surface area contributed by atoms with Gasteiger partial charge in [0.1, 0.15) is 11.5 Å². The van der Waals surface area contributed by atoms with Crippen LogP contribution in [0, 0.1) is 0 Å². The molecule has 1 aromatic carbocycles. The zero-order valence-electron chi connectivity index (χ0n) is 13.1. The van der Waals surface area contributed by atoms with Gasteiger partial charge in [0.15, 0.2) is 5.11 Å². The predicted octanol–water partition coefficient (Wildman–Crippen LogP) is 2.83. The molecule has 1 aromatic rings. The van der Waals surface area contributed by atoms with Crippen LogP contribution >= 0.6 is 12.2 Å². The molecular formula is C16H23N3O2S. The van der Waals surface area contributed by atoms with Crippen LogP contribution < -0.4 is 20.2 Å². The number of hydrazone groups is 1. The number of benzene rings is 1. The first kappa shape index (κ1) is 16.5. The van der Waals surface area contributed by atoms with Gasteiger partial charge in [-0.25, -0.2) is 0 Å². The van der Waals surface area contributed by atoms with Crippen molar-refractivity contribution in [2.75, 3.05) is 14.2 Å². The average molecular weight is 321 g/mol. The Morgan fingerprint density at radius 2 is 1.77 bits per heavy atom. The van der Waals surface area contributed by atoms with E-state index in [9.17, 15) is 0 Å². The Morgan fingerprint density at radius 1 is 1.14 bits per heavy atom. The number of ether oxygens (including phenoxy) is 2. The van der Waals surface area contributed by atoms with E-state index in [-0.39, 0.29) is 0 Å². The van der Waals surface area contributed by atoms with Crippen molar-refractivity contribution in [3.8, 4) is 11.5 Å². The van der Waals surface area contributed by atoms with Gasteiger partial charge >= 0.3 is 0 Å². The fraction of sp³-hybridized carbons (Fsp3) is 0.500. The van der Waals surface area contributed by atoms with E-state index in [1.807, 2.05) is 18.2 Å². The average Bonchev–Trinajstić information content (AvgIpc) is 2.55. The van der Waals surface area contributed by atoms with Gasteiger partial charge in [-0.3, -0.25) is 5.43 Å². The van der Waals surface area contributed by atoms with Crippen molar-refractivity contribution in [1.82, 2.24) is 10.7 Å². The van der Waals surface area contributed by atoms with Crippen molar-refractivity contribution < 1.29 is 9.47 Å². The van der Waals surface area contributed by atoms with Crippen molar-refractivity contribution in [3.63, 3.8) is 0 Å². The first-order valence-electron chi connectivity index (χ1n) is 7.54. The highest BCUT2D eigenvalue weighted by atomic mass is 32.1. The van der Waals surface area contributed by atoms with Crippen LogP contribution in [0.4, 0.5) is 0 Å². The minimum Gasteiger partial charge on any atom is -0.497 e. The number of nitrogens with one attached hydrogen (secondary N) is 2. The van der Waals surface area contributed by atoms with Crippen LogP contribution in [0.2, 0.25) is 0 Å². The highest BCUT2D eigenvalue weighted by Gasteiger charge is 2.13. The molecule has 2 rings (SSSR count). The first-order chi connectivity index (χ1) is 10.7. The van der Waals surface area contributed by atoms with Gasteiger partial charge in [-0.2, -0.15) is 5.10 Å². The minimum absolute atomic E-state index is 0.473. The zero-order valence-corrected chi connectivity index (χ0v) is 13.9. The molecule has 0 radical (unpaired) electrons. The summed E-state index contributed by atoms with van der Waals surface area (Å²) >= 11 is 5.26. The van der Waals surface area contributed by atoms with Gasteiger partial charge in [0.05, 0.1) is 20.4 Å². The second-order valence-electron chi connectivity index (χ2n) is 5.32. The van der Waals surface area contributed by atoms with E-state index in [2.05, 4.69) is 15.8 Å². The molecule has 1 aliphatic rings. The van der Waals surface area contributed by atoms with Gasteiger partial charge in [0.2, 0.25) is 0 Å². The molecule has 5 nitrogen and oxygen atoms in total. The molecule has 0 aliphatic heterocycles. The summed E-state index contributed by atoms with van der Waals surface area (Å²) in [6.45, 7) is 0. The molecule has 0 unspecified atom stereocenters. The summed E-state index contributed by atoms with van der Waals surface area (Å²) in [4.78, 5) is 0. The zero-order chi connectivity index (χ0) is 15.8. The third kappa shape index (κ3) is 5.18. The summed E-state index contributed by atoms with van der Waals surface area (Å²) in [6.07, 6.45) is 7.92. The third-order valence-corrected chi connectivity index (χ3v) is 3.90. The van der Waals surface area contributed by atoms with E-state index in [0.717, 1.165) is 17.1 Å². The molecule has 0 saturated heterocycles. The van der Waals surface area contributed by atoms with E-state index in [4.69, 9.17) is 21.7 Å². The lowest BCUT2D eigenvalue weighted by Crippen LogP contribution is -2.40. The quantitative estimate of drug-likeness (QED) is 0.496. The molecule has 22 heavy (non-hydrogen) atoms. The maximum Gasteiger partial charge on any atom is 0.187 e. The molecule has 1 saturated carbocycles. The fourth-order valence-electron chi connectivity index (χ4n) is 2.53. The van der Waals surface area contributed by atoms with E-state index in [0.29, 0.717) is 11.2 Å². The number of methoxy groups -OCH3 is 2. The predicted molar refractivity (Wildman–Crippen MR) is 92.9 cm³/mol. The van der Waals surface area contributed by atoms with Crippen molar-refractivity contribution in [1.29, 1.82) is 0 Å². The third-order valence-electron chi connectivity index (χ3n) is 3.69. The molecule has 0 heterocycles. The molecule has 2 N–H and O–H groups in total. The number of nitrogens with zero attached hydrogens (tertiary/aromatic N) is 1. The fourth-order valence-corrected chi connectivity index (χ4v) is 2.75. The Morgan fingerprint density at radius 3 is 2.36 bits per heavy atom. The maximum absolute atomic E-state index is 5.26. The molecule has 0 amide bonds. The second-order valence-corrected chi connectivity index (χ2v) is 5.73. The molecule has 120 valence electrons. The Hall–Kier alpha value is -1.82. The molecule has 0 spiro atoms. The summed E-state index contributed by atoms with van der Waals surface area (Å²) in [6, 6.07) is 6.05. The SMILES string of the molecule is COc1cc(/C=N/NC(=S)NC2CCCCC2)cc(OC)c1. The molecular weight excluding hydrogens is 298 g/mol. The van der Waals surface area contributed by atoms with Gasteiger partial charge in [0.25, 0.3) is 0 Å². The highest BCUT2D eigenvalue weighted by molar-refractivity contribution is 7.80.